The van der Waals surface area contributed by atoms with E-state index in [4.69, 9.17) is 4.52 Å². The Labute approximate surface area is 146 Å². The molecule has 128 valence electrons. The predicted octanol–water partition coefficient (Wildman–Crippen LogP) is 3.30. The fourth-order valence-electron chi connectivity index (χ4n) is 2.74. The van der Waals surface area contributed by atoms with E-state index in [1.807, 2.05) is 33.8 Å². The van der Waals surface area contributed by atoms with Crippen molar-refractivity contribution in [2.75, 3.05) is 0 Å². The van der Waals surface area contributed by atoms with Crippen LogP contribution in [0.4, 0.5) is 0 Å². The first-order valence-corrected chi connectivity index (χ1v) is 8.06. The molecule has 1 aromatic carbocycles. The SMILES string of the molecule is Cc1cc(C)c(C)c(C(=O)NCc2nc(-c3cccnc3)no2)c1C. The van der Waals surface area contributed by atoms with Crippen LogP contribution in [0.3, 0.4) is 0 Å². The number of carbonyl (C=O) groups excluding carboxylic acids is 1. The summed E-state index contributed by atoms with van der Waals surface area (Å²) in [7, 11) is 0. The summed E-state index contributed by atoms with van der Waals surface area (Å²) < 4.78 is 5.21. The fraction of sp³-hybridized carbons (Fsp3) is 0.263. The monoisotopic (exact) mass is 336 g/mol. The van der Waals surface area contributed by atoms with E-state index in [0.29, 0.717) is 17.3 Å². The maximum absolute atomic E-state index is 12.6. The smallest absolute Gasteiger partial charge is 0.252 e. The number of rotatable bonds is 4. The van der Waals surface area contributed by atoms with Gasteiger partial charge in [0.25, 0.3) is 5.91 Å². The summed E-state index contributed by atoms with van der Waals surface area (Å²) in [4.78, 5) is 21.0. The van der Waals surface area contributed by atoms with Gasteiger partial charge < -0.3 is 9.84 Å². The minimum Gasteiger partial charge on any atom is -0.343 e. The van der Waals surface area contributed by atoms with Crippen molar-refractivity contribution in [2.24, 2.45) is 0 Å². The Morgan fingerprint density at radius 2 is 1.88 bits per heavy atom. The summed E-state index contributed by atoms with van der Waals surface area (Å²) in [6.45, 7) is 8.12. The van der Waals surface area contributed by atoms with E-state index in [1.54, 1.807) is 18.5 Å². The van der Waals surface area contributed by atoms with Gasteiger partial charge in [0, 0.05) is 23.5 Å². The lowest BCUT2D eigenvalue weighted by Gasteiger charge is -2.14. The van der Waals surface area contributed by atoms with E-state index in [-0.39, 0.29) is 12.5 Å². The Balaban J connectivity index is 1.75. The third-order valence-corrected chi connectivity index (χ3v) is 4.38. The van der Waals surface area contributed by atoms with E-state index in [1.165, 1.54) is 0 Å². The van der Waals surface area contributed by atoms with E-state index < -0.39 is 0 Å². The van der Waals surface area contributed by atoms with Crippen LogP contribution in [-0.4, -0.2) is 21.0 Å². The molecule has 0 spiro atoms. The molecule has 0 atom stereocenters. The number of pyridine rings is 1. The van der Waals surface area contributed by atoms with Gasteiger partial charge in [-0.15, -0.1) is 0 Å². The largest absolute Gasteiger partial charge is 0.343 e. The van der Waals surface area contributed by atoms with Crippen LogP contribution in [0.5, 0.6) is 0 Å². The lowest BCUT2D eigenvalue weighted by molar-refractivity contribution is 0.0945. The van der Waals surface area contributed by atoms with Crippen LogP contribution in [0.2, 0.25) is 0 Å². The number of hydrogen-bond donors (Lipinski definition) is 1. The molecule has 1 N–H and O–H groups in total. The summed E-state index contributed by atoms with van der Waals surface area (Å²) in [5.41, 5.74) is 5.66. The van der Waals surface area contributed by atoms with Gasteiger partial charge in [-0.2, -0.15) is 4.98 Å². The second kappa shape index (κ2) is 6.84. The molecule has 25 heavy (non-hydrogen) atoms. The number of nitrogens with zero attached hydrogens (tertiary/aromatic N) is 3. The Bertz CT molecular complexity index is 890. The predicted molar refractivity (Wildman–Crippen MR) is 94.1 cm³/mol. The third-order valence-electron chi connectivity index (χ3n) is 4.38. The Hall–Kier alpha value is -3.02. The number of aryl methyl sites for hydroxylation is 2. The minimum absolute atomic E-state index is 0.136. The molecule has 6 heteroatoms. The van der Waals surface area contributed by atoms with Crippen LogP contribution in [-0.2, 0) is 6.54 Å². The number of hydrogen-bond acceptors (Lipinski definition) is 5. The number of benzene rings is 1. The van der Waals surface area contributed by atoms with Gasteiger partial charge in [0.2, 0.25) is 11.7 Å². The van der Waals surface area contributed by atoms with Crippen molar-refractivity contribution in [3.8, 4) is 11.4 Å². The topological polar surface area (TPSA) is 80.9 Å². The summed E-state index contributed by atoms with van der Waals surface area (Å²) >= 11 is 0. The lowest BCUT2D eigenvalue weighted by Crippen LogP contribution is -2.25. The molecule has 0 aliphatic rings. The standard InChI is InChI=1S/C19H20N4O2/c1-11-8-12(2)14(4)17(13(11)3)19(24)21-10-16-22-18(23-25-16)15-6-5-7-20-9-15/h5-9H,10H2,1-4H3,(H,21,24). The van der Waals surface area contributed by atoms with Crippen LogP contribution >= 0.6 is 0 Å². The van der Waals surface area contributed by atoms with Gasteiger partial charge in [-0.1, -0.05) is 11.2 Å². The van der Waals surface area contributed by atoms with E-state index >= 15 is 0 Å². The summed E-state index contributed by atoms with van der Waals surface area (Å²) in [5.74, 6) is 0.672. The van der Waals surface area contributed by atoms with Crippen molar-refractivity contribution < 1.29 is 9.32 Å². The molecule has 2 heterocycles. The number of carbonyl (C=O) groups is 1. The summed E-state index contributed by atoms with van der Waals surface area (Å²) in [6, 6.07) is 5.75. The highest BCUT2D eigenvalue weighted by atomic mass is 16.5. The molecule has 0 fully saturated rings. The molecule has 6 nitrogen and oxygen atoms in total. The van der Waals surface area contributed by atoms with E-state index in [0.717, 1.165) is 27.8 Å². The molecule has 0 saturated heterocycles. The van der Waals surface area contributed by atoms with Gasteiger partial charge in [-0.3, -0.25) is 9.78 Å². The quantitative estimate of drug-likeness (QED) is 0.790. The van der Waals surface area contributed by atoms with Gasteiger partial charge >= 0.3 is 0 Å². The Kier molecular flexibility index (Phi) is 4.61. The van der Waals surface area contributed by atoms with Gasteiger partial charge in [0.05, 0.1) is 6.54 Å². The molecule has 1 amide bonds. The van der Waals surface area contributed by atoms with Crippen molar-refractivity contribution in [1.29, 1.82) is 0 Å². The second-order valence-corrected chi connectivity index (χ2v) is 6.07. The molecule has 0 radical (unpaired) electrons. The van der Waals surface area contributed by atoms with E-state index in [2.05, 4.69) is 26.5 Å². The minimum atomic E-state index is -0.136. The fourth-order valence-corrected chi connectivity index (χ4v) is 2.74. The van der Waals surface area contributed by atoms with Gasteiger partial charge in [0.1, 0.15) is 0 Å². The van der Waals surface area contributed by atoms with Crippen LogP contribution in [0.25, 0.3) is 11.4 Å². The molecule has 0 aliphatic heterocycles. The van der Waals surface area contributed by atoms with Crippen molar-refractivity contribution in [3.63, 3.8) is 0 Å². The molecule has 0 unspecified atom stereocenters. The van der Waals surface area contributed by atoms with Gasteiger partial charge in [-0.05, 0) is 62.1 Å². The maximum Gasteiger partial charge on any atom is 0.252 e. The molecule has 2 aromatic heterocycles. The molecule has 0 aliphatic carbocycles. The highest BCUT2D eigenvalue weighted by molar-refractivity contribution is 5.97. The lowest BCUT2D eigenvalue weighted by atomic mass is 9.94. The van der Waals surface area contributed by atoms with Crippen molar-refractivity contribution in [1.82, 2.24) is 20.4 Å². The first kappa shape index (κ1) is 16.8. The van der Waals surface area contributed by atoms with Crippen LogP contribution in [0.1, 0.15) is 38.5 Å². The highest BCUT2D eigenvalue weighted by Crippen LogP contribution is 2.21. The third kappa shape index (κ3) is 3.42. The van der Waals surface area contributed by atoms with Gasteiger partial charge in [0.15, 0.2) is 0 Å². The zero-order valence-corrected chi connectivity index (χ0v) is 14.8. The number of nitrogens with one attached hydrogen (secondary N) is 1. The molecular weight excluding hydrogens is 316 g/mol. The number of amides is 1. The summed E-state index contributed by atoms with van der Waals surface area (Å²) in [5, 5.41) is 6.79. The van der Waals surface area contributed by atoms with Crippen LogP contribution in [0.15, 0.2) is 35.1 Å². The maximum atomic E-state index is 12.6. The average Bonchev–Trinajstić information content (AvgIpc) is 3.08. The Morgan fingerprint density at radius 3 is 2.52 bits per heavy atom. The van der Waals surface area contributed by atoms with Gasteiger partial charge in [-0.25, -0.2) is 0 Å². The van der Waals surface area contributed by atoms with Crippen molar-refractivity contribution in [2.45, 2.75) is 34.2 Å². The Morgan fingerprint density at radius 1 is 1.16 bits per heavy atom. The average molecular weight is 336 g/mol. The molecule has 0 bridgehead atoms. The first-order valence-electron chi connectivity index (χ1n) is 8.06. The van der Waals surface area contributed by atoms with Crippen molar-refractivity contribution >= 4 is 5.91 Å². The normalized spacial score (nSPS) is 10.7. The van der Waals surface area contributed by atoms with Crippen LogP contribution in [0, 0.1) is 27.7 Å². The molecule has 3 aromatic rings. The van der Waals surface area contributed by atoms with Crippen molar-refractivity contribution in [3.05, 3.63) is 64.3 Å². The van der Waals surface area contributed by atoms with E-state index in [9.17, 15) is 4.79 Å². The molecule has 0 saturated carbocycles. The summed E-state index contributed by atoms with van der Waals surface area (Å²) in [6.07, 6.45) is 3.34. The molecular formula is C19H20N4O2. The highest BCUT2D eigenvalue weighted by Gasteiger charge is 2.17. The zero-order valence-electron chi connectivity index (χ0n) is 14.8. The second-order valence-electron chi connectivity index (χ2n) is 6.07. The first-order chi connectivity index (χ1) is 12.0. The number of aromatic nitrogens is 3. The van der Waals surface area contributed by atoms with Crippen LogP contribution < -0.4 is 5.32 Å². The zero-order chi connectivity index (χ0) is 18.0. The molecule has 3 rings (SSSR count).